The third-order valence-electron chi connectivity index (χ3n) is 6.50. The summed E-state index contributed by atoms with van der Waals surface area (Å²) in [5, 5.41) is 28.9. The van der Waals surface area contributed by atoms with Crippen molar-refractivity contribution in [2.75, 3.05) is 19.6 Å². The summed E-state index contributed by atoms with van der Waals surface area (Å²) >= 11 is 0. The second-order valence-electron chi connectivity index (χ2n) is 8.70. The largest absolute Gasteiger partial charge is 0.508 e. The fourth-order valence-corrected chi connectivity index (χ4v) is 4.47. The number of phenols is 1. The molecule has 32 heavy (non-hydrogen) atoms. The van der Waals surface area contributed by atoms with Gasteiger partial charge in [-0.3, -0.25) is 4.79 Å². The van der Waals surface area contributed by atoms with E-state index >= 15 is 0 Å². The number of H-pyrrole nitrogens is 1. The van der Waals surface area contributed by atoms with Gasteiger partial charge >= 0.3 is 0 Å². The van der Waals surface area contributed by atoms with Crippen LogP contribution in [0.15, 0.2) is 40.6 Å². The molecule has 1 fully saturated rings. The van der Waals surface area contributed by atoms with Crippen molar-refractivity contribution >= 4 is 22.5 Å². The van der Waals surface area contributed by atoms with Crippen LogP contribution in [0.3, 0.4) is 0 Å². The standard InChI is InChI=1S/C25H30N4O3/c1-15-14-19(10-13-29-11-4-5-12-29)16(2)21-22(15)26-25(32)23(21)27-28-24(31)17(3)18-6-8-20(30)9-7-18/h6-9,14,17,26,30,32H,4-5,10-13H2,1-3H3. The van der Waals surface area contributed by atoms with E-state index in [4.69, 9.17) is 0 Å². The number of carbonyl (C=O) groups excluding carboxylic acids is 1. The molecule has 2 aromatic carbocycles. The van der Waals surface area contributed by atoms with Crippen LogP contribution in [0.4, 0.5) is 5.69 Å². The molecule has 0 aliphatic carbocycles. The van der Waals surface area contributed by atoms with E-state index in [0.29, 0.717) is 5.69 Å². The molecule has 1 amide bonds. The molecular weight excluding hydrogens is 404 g/mol. The van der Waals surface area contributed by atoms with Crippen molar-refractivity contribution in [1.82, 2.24) is 9.88 Å². The highest BCUT2D eigenvalue weighted by atomic mass is 16.3. The number of azo groups is 1. The van der Waals surface area contributed by atoms with Crippen LogP contribution >= 0.6 is 0 Å². The van der Waals surface area contributed by atoms with Gasteiger partial charge in [-0.2, -0.15) is 0 Å². The van der Waals surface area contributed by atoms with Gasteiger partial charge in [0.25, 0.3) is 5.91 Å². The number of aromatic hydroxyl groups is 2. The quantitative estimate of drug-likeness (QED) is 0.461. The van der Waals surface area contributed by atoms with Crippen LogP contribution < -0.4 is 0 Å². The monoisotopic (exact) mass is 434 g/mol. The number of phenolic OH excluding ortho intramolecular Hbond substituents is 1. The Morgan fingerprint density at radius 1 is 1.16 bits per heavy atom. The number of hydrogen-bond acceptors (Lipinski definition) is 5. The molecule has 7 nitrogen and oxygen atoms in total. The Morgan fingerprint density at radius 3 is 2.53 bits per heavy atom. The van der Waals surface area contributed by atoms with Crippen molar-refractivity contribution in [3.05, 3.63) is 52.6 Å². The SMILES string of the molecule is Cc1cc(CCN2CCCC2)c(C)c2c(N=NC(=O)C(C)c3ccc(O)cc3)c(O)[nH]c12. The number of likely N-dealkylation sites (tertiary alicyclic amines) is 1. The van der Waals surface area contributed by atoms with E-state index in [1.807, 2.05) is 13.8 Å². The second kappa shape index (κ2) is 9.12. The molecule has 1 aliphatic heterocycles. The lowest BCUT2D eigenvalue weighted by Gasteiger charge is -2.16. The van der Waals surface area contributed by atoms with Gasteiger partial charge < -0.3 is 20.1 Å². The minimum absolute atomic E-state index is 0.0864. The number of aromatic amines is 1. The zero-order chi connectivity index (χ0) is 22.8. The fraction of sp³-hybridized carbons (Fsp3) is 0.400. The molecule has 3 N–H and O–H groups in total. The van der Waals surface area contributed by atoms with E-state index in [1.165, 1.54) is 30.5 Å². The first-order valence-corrected chi connectivity index (χ1v) is 11.2. The maximum atomic E-state index is 12.6. The van der Waals surface area contributed by atoms with E-state index in [1.54, 1.807) is 19.1 Å². The highest BCUT2D eigenvalue weighted by molar-refractivity contribution is 5.99. The van der Waals surface area contributed by atoms with Crippen LogP contribution in [0.25, 0.3) is 10.9 Å². The lowest BCUT2D eigenvalue weighted by atomic mass is 9.97. The van der Waals surface area contributed by atoms with Crippen molar-refractivity contribution in [3.63, 3.8) is 0 Å². The summed E-state index contributed by atoms with van der Waals surface area (Å²) in [4.78, 5) is 18.1. The Morgan fingerprint density at radius 2 is 1.84 bits per heavy atom. The van der Waals surface area contributed by atoms with Gasteiger partial charge in [0, 0.05) is 11.9 Å². The van der Waals surface area contributed by atoms with Gasteiger partial charge in [0.2, 0.25) is 5.88 Å². The molecule has 168 valence electrons. The van der Waals surface area contributed by atoms with E-state index in [9.17, 15) is 15.0 Å². The molecule has 2 heterocycles. The Hall–Kier alpha value is -3.19. The van der Waals surface area contributed by atoms with Crippen molar-refractivity contribution in [3.8, 4) is 11.6 Å². The van der Waals surface area contributed by atoms with Gasteiger partial charge in [-0.15, -0.1) is 10.2 Å². The number of benzene rings is 2. The number of nitrogens with zero attached hydrogens (tertiary/aromatic N) is 3. The van der Waals surface area contributed by atoms with Gasteiger partial charge in [0.05, 0.1) is 11.4 Å². The predicted octanol–water partition coefficient (Wildman–Crippen LogP) is 5.25. The number of amides is 1. The number of hydrogen-bond donors (Lipinski definition) is 3. The maximum Gasteiger partial charge on any atom is 0.271 e. The van der Waals surface area contributed by atoms with Crippen LogP contribution in [-0.4, -0.2) is 45.6 Å². The number of rotatable bonds is 6. The fourth-order valence-electron chi connectivity index (χ4n) is 4.47. The van der Waals surface area contributed by atoms with Gasteiger partial charge in [-0.25, -0.2) is 0 Å². The zero-order valence-electron chi connectivity index (χ0n) is 18.9. The first-order chi connectivity index (χ1) is 15.3. The maximum absolute atomic E-state index is 12.6. The third-order valence-corrected chi connectivity index (χ3v) is 6.50. The lowest BCUT2D eigenvalue weighted by Crippen LogP contribution is -2.22. The predicted molar refractivity (Wildman–Crippen MR) is 125 cm³/mol. The Labute approximate surface area is 187 Å². The number of nitrogens with one attached hydrogen (secondary N) is 1. The normalized spacial score (nSPS) is 15.7. The Bertz CT molecular complexity index is 1160. The highest BCUT2D eigenvalue weighted by Gasteiger charge is 2.20. The molecule has 0 radical (unpaired) electrons. The van der Waals surface area contributed by atoms with Gasteiger partial charge in [-0.05, 0) is 87.5 Å². The minimum atomic E-state index is -0.509. The summed E-state index contributed by atoms with van der Waals surface area (Å²) in [5.74, 6) is -0.864. The van der Waals surface area contributed by atoms with Gasteiger partial charge in [-0.1, -0.05) is 18.2 Å². The molecule has 0 bridgehead atoms. The highest BCUT2D eigenvalue weighted by Crippen LogP contribution is 2.40. The molecule has 7 heteroatoms. The van der Waals surface area contributed by atoms with E-state index < -0.39 is 11.8 Å². The Balaban J connectivity index is 1.61. The molecule has 0 saturated carbocycles. The van der Waals surface area contributed by atoms with E-state index in [-0.39, 0.29) is 11.6 Å². The number of aromatic nitrogens is 1. The average molecular weight is 435 g/mol. The molecular formula is C25H30N4O3. The molecule has 3 aromatic rings. The van der Waals surface area contributed by atoms with Crippen LogP contribution in [0.1, 0.15) is 47.9 Å². The minimum Gasteiger partial charge on any atom is -0.508 e. The molecule has 0 spiro atoms. The zero-order valence-corrected chi connectivity index (χ0v) is 18.9. The van der Waals surface area contributed by atoms with Gasteiger partial charge in [0.1, 0.15) is 5.75 Å². The van der Waals surface area contributed by atoms with Crippen LogP contribution in [0.5, 0.6) is 11.6 Å². The smallest absolute Gasteiger partial charge is 0.271 e. The number of carbonyl (C=O) groups is 1. The molecule has 4 rings (SSSR count). The molecule has 1 unspecified atom stereocenters. The number of aryl methyl sites for hydroxylation is 2. The van der Waals surface area contributed by atoms with E-state index in [0.717, 1.165) is 53.6 Å². The summed E-state index contributed by atoms with van der Waals surface area (Å²) in [6.45, 7) is 9.12. The lowest BCUT2D eigenvalue weighted by molar-refractivity contribution is -0.119. The molecule has 1 aliphatic rings. The van der Waals surface area contributed by atoms with Crippen LogP contribution in [0, 0.1) is 13.8 Å². The summed E-state index contributed by atoms with van der Waals surface area (Å²) in [5.41, 5.74) is 5.16. The van der Waals surface area contributed by atoms with Crippen molar-refractivity contribution in [1.29, 1.82) is 0 Å². The van der Waals surface area contributed by atoms with Crippen molar-refractivity contribution < 1.29 is 15.0 Å². The van der Waals surface area contributed by atoms with Gasteiger partial charge in [0.15, 0.2) is 5.69 Å². The summed E-state index contributed by atoms with van der Waals surface area (Å²) in [6.07, 6.45) is 3.47. The topological polar surface area (TPSA) is 101 Å². The molecule has 1 aromatic heterocycles. The van der Waals surface area contributed by atoms with Crippen molar-refractivity contribution in [2.24, 2.45) is 10.2 Å². The van der Waals surface area contributed by atoms with Crippen molar-refractivity contribution in [2.45, 2.75) is 46.0 Å². The molecule has 1 saturated heterocycles. The summed E-state index contributed by atoms with van der Waals surface area (Å²) < 4.78 is 0. The third kappa shape index (κ3) is 4.39. The summed E-state index contributed by atoms with van der Waals surface area (Å²) in [6, 6.07) is 8.63. The summed E-state index contributed by atoms with van der Waals surface area (Å²) in [7, 11) is 0. The van der Waals surface area contributed by atoms with Crippen LogP contribution in [-0.2, 0) is 11.2 Å². The second-order valence-corrected chi connectivity index (χ2v) is 8.70. The number of fused-ring (bicyclic) bond motifs is 1. The first kappa shape index (κ1) is 22.0. The molecule has 1 atom stereocenters. The average Bonchev–Trinajstić information content (AvgIpc) is 3.41. The first-order valence-electron chi connectivity index (χ1n) is 11.2. The Kier molecular flexibility index (Phi) is 6.28. The van der Waals surface area contributed by atoms with E-state index in [2.05, 4.69) is 26.2 Å². The van der Waals surface area contributed by atoms with Crippen LogP contribution in [0.2, 0.25) is 0 Å².